The van der Waals surface area contributed by atoms with Crippen LogP contribution in [0.1, 0.15) is 0 Å². The number of nitrogens with one attached hydrogen (secondary N) is 1. The maximum Gasteiger partial charge on any atom is 3.00 e. The number of isothiocyanates is 1. The zero-order chi connectivity index (χ0) is 2.71. The number of thiocarbonyl (C=S) groups is 1. The Labute approximate surface area is 70.8 Å². The number of rotatable bonds is 0. The zero-order valence-electron chi connectivity index (χ0n) is 4.63. The predicted molar refractivity (Wildman–Crippen MR) is 41.7 cm³/mol. The maximum absolute atomic E-state index is 5.77. The molecule has 0 amide bonds. The molecule has 0 saturated heterocycles. The number of hydrogen-bond donors (Lipinski definition) is 1. The third kappa shape index (κ3) is 26700. The van der Waals surface area contributed by atoms with Gasteiger partial charge in [-0.15, -0.1) is 0 Å². The largest absolute Gasteiger partial charge is 3.00 e. The molecule has 0 aliphatic carbocycles. The topological polar surface area (TPSA) is 191 Å². The summed E-state index contributed by atoms with van der Waals surface area (Å²) in [6.07, 6.45) is 0. The third-order valence-corrected chi connectivity index (χ3v) is 0. The standard InChI is InChI=1S/CHNS.Co.5H2N/c2-1-3;;;;;;/h2H;;5*1H2/q;+3;5*-1. The molecule has 0 aromatic carbocycles. The summed E-state index contributed by atoms with van der Waals surface area (Å²) >= 11 is 3.81. The first-order valence-electron chi connectivity index (χ1n) is 0.454. The number of nitrogens with two attached hydrogens (primary N) is 5. The van der Waals surface area contributed by atoms with Crippen molar-refractivity contribution in [2.45, 2.75) is 0 Å². The van der Waals surface area contributed by atoms with Crippen LogP contribution in [0.3, 0.4) is 0 Å². The Balaban J connectivity index is -0.00000000133. The van der Waals surface area contributed by atoms with E-state index in [2.05, 4.69) is 12.2 Å². The van der Waals surface area contributed by atoms with E-state index in [4.69, 9.17) is 5.41 Å². The average molecular weight is 198 g/mol. The number of hydrogen-bond acceptors (Lipinski definition) is 2. The van der Waals surface area contributed by atoms with E-state index in [0.717, 1.165) is 0 Å². The fraction of sp³-hybridized carbons (Fsp3) is 0. The van der Waals surface area contributed by atoms with Crippen molar-refractivity contribution in [3.8, 4) is 0 Å². The van der Waals surface area contributed by atoms with Crippen LogP contribution in [0.15, 0.2) is 0 Å². The molecule has 0 aromatic rings. The van der Waals surface area contributed by atoms with Gasteiger partial charge in [0, 0.05) is 0 Å². The summed E-state index contributed by atoms with van der Waals surface area (Å²) in [5.74, 6) is 0. The Hall–Kier alpha value is 0.106. The summed E-state index contributed by atoms with van der Waals surface area (Å²) in [6.45, 7) is 0. The Morgan fingerprint density at radius 1 is 0.889 bits per heavy atom. The molecule has 0 aliphatic rings. The van der Waals surface area contributed by atoms with Crippen LogP contribution in [0.5, 0.6) is 0 Å². The first-order chi connectivity index (χ1) is 1.41. The monoisotopic (exact) mass is 198 g/mol. The molecule has 62 valence electrons. The van der Waals surface area contributed by atoms with Gasteiger partial charge in [-0.2, -0.15) is 0 Å². The molecule has 0 saturated carbocycles. The van der Waals surface area contributed by atoms with E-state index in [0.29, 0.717) is 0 Å². The first kappa shape index (κ1) is 135. The van der Waals surface area contributed by atoms with E-state index in [1.165, 1.54) is 0 Å². The van der Waals surface area contributed by atoms with Crippen LogP contribution >= 0.6 is 12.2 Å². The Bertz CT molecular complexity index is 34.0. The molecule has 0 bridgehead atoms. The van der Waals surface area contributed by atoms with E-state index in [-0.39, 0.29) is 47.5 Å². The van der Waals surface area contributed by atoms with Crippen LogP contribution in [-0.4, -0.2) is 5.16 Å². The average Bonchev–Trinajstić information content (AvgIpc) is 0.918. The van der Waals surface area contributed by atoms with E-state index in [1.54, 1.807) is 5.16 Å². The fourth-order valence-electron chi connectivity index (χ4n) is 0. The summed E-state index contributed by atoms with van der Waals surface area (Å²) in [5.41, 5.74) is 0. The first-order valence-corrected chi connectivity index (χ1v) is 0.862. The summed E-state index contributed by atoms with van der Waals surface area (Å²) in [6, 6.07) is 0. The van der Waals surface area contributed by atoms with Crippen molar-refractivity contribution in [2.75, 3.05) is 0 Å². The van der Waals surface area contributed by atoms with Crippen molar-refractivity contribution < 1.29 is 16.8 Å². The van der Waals surface area contributed by atoms with Crippen molar-refractivity contribution in [1.29, 1.82) is 5.41 Å². The summed E-state index contributed by atoms with van der Waals surface area (Å²) in [5, 5.41) is 7.36. The van der Waals surface area contributed by atoms with Crippen LogP contribution in [0, 0.1) is 5.41 Å². The SMILES string of the molecule is N=C=S.[Co+3].[NH2-].[NH2-].[NH2-].[NH2-].[NH2-]. The molecule has 0 rings (SSSR count). The van der Waals surface area contributed by atoms with E-state index in [1.807, 2.05) is 0 Å². The molecule has 0 aromatic heterocycles. The molecule has 0 spiro atoms. The predicted octanol–water partition coefficient (Wildman–Crippen LogP) is 4.25. The molecule has 0 atom stereocenters. The van der Waals surface area contributed by atoms with Gasteiger partial charge in [0.2, 0.25) is 0 Å². The van der Waals surface area contributed by atoms with Gasteiger partial charge in [0.15, 0.2) is 0 Å². The van der Waals surface area contributed by atoms with Gasteiger partial charge in [-0.3, -0.25) is 0 Å². The molecule has 0 heterocycles. The Morgan fingerprint density at radius 3 is 0.889 bits per heavy atom. The molecule has 9 heavy (non-hydrogen) atoms. The maximum atomic E-state index is 5.77. The quantitative estimate of drug-likeness (QED) is 0.441. The minimum Gasteiger partial charge on any atom is -0.693 e. The second-order valence-electron chi connectivity index (χ2n) is 0.102. The molecular formula is CH11CoN6S-2. The van der Waals surface area contributed by atoms with Crippen LogP contribution in [-0.2, 0) is 16.8 Å². The van der Waals surface area contributed by atoms with Gasteiger partial charge in [0.05, 0.1) is 5.16 Å². The minimum atomic E-state index is 0. The van der Waals surface area contributed by atoms with Gasteiger partial charge >= 0.3 is 16.8 Å². The van der Waals surface area contributed by atoms with Crippen molar-refractivity contribution in [2.24, 2.45) is 0 Å². The van der Waals surface area contributed by atoms with Crippen molar-refractivity contribution >= 4 is 17.4 Å². The van der Waals surface area contributed by atoms with Gasteiger partial charge in [0.1, 0.15) is 0 Å². The molecule has 0 radical (unpaired) electrons. The Kier molecular flexibility index (Phi) is 5010. The van der Waals surface area contributed by atoms with E-state index < -0.39 is 0 Å². The summed E-state index contributed by atoms with van der Waals surface area (Å²) in [7, 11) is 0. The van der Waals surface area contributed by atoms with Gasteiger partial charge in [-0.25, -0.2) is 5.41 Å². The van der Waals surface area contributed by atoms with Gasteiger partial charge in [-0.1, -0.05) is 0 Å². The van der Waals surface area contributed by atoms with Crippen molar-refractivity contribution in [1.82, 2.24) is 0 Å². The van der Waals surface area contributed by atoms with Gasteiger partial charge in [0.25, 0.3) is 0 Å². The van der Waals surface area contributed by atoms with E-state index in [9.17, 15) is 0 Å². The van der Waals surface area contributed by atoms with Crippen LogP contribution in [0.4, 0.5) is 0 Å². The molecule has 0 aliphatic heterocycles. The van der Waals surface area contributed by atoms with Crippen LogP contribution in [0.2, 0.25) is 0 Å². The summed E-state index contributed by atoms with van der Waals surface area (Å²) < 4.78 is 0. The summed E-state index contributed by atoms with van der Waals surface area (Å²) in [4.78, 5) is 0. The second kappa shape index (κ2) is 334. The van der Waals surface area contributed by atoms with Crippen molar-refractivity contribution in [3.63, 3.8) is 0 Å². The van der Waals surface area contributed by atoms with E-state index >= 15 is 0 Å². The second-order valence-corrected chi connectivity index (χ2v) is 0.306. The molecule has 0 unspecified atom stereocenters. The smallest absolute Gasteiger partial charge is 0.693 e. The van der Waals surface area contributed by atoms with Crippen LogP contribution in [0.25, 0.3) is 30.8 Å². The van der Waals surface area contributed by atoms with Crippen LogP contribution < -0.4 is 0 Å². The molecule has 6 nitrogen and oxygen atoms in total. The normalized spacial score (nSPS) is 0.889. The molecule has 0 fully saturated rings. The van der Waals surface area contributed by atoms with Crippen molar-refractivity contribution in [3.05, 3.63) is 30.8 Å². The van der Waals surface area contributed by atoms with Gasteiger partial charge < -0.3 is 30.8 Å². The minimum absolute atomic E-state index is 0. The van der Waals surface area contributed by atoms with Gasteiger partial charge in [-0.05, 0) is 12.2 Å². The third-order valence-electron chi connectivity index (χ3n) is 0. The molecular weight excluding hydrogens is 187 g/mol. The zero-order valence-corrected chi connectivity index (χ0v) is 6.49. The fourth-order valence-corrected chi connectivity index (χ4v) is 0. The molecule has 11 N–H and O–H groups in total. The Morgan fingerprint density at radius 2 is 0.889 bits per heavy atom. The molecule has 8 heteroatoms.